The van der Waals surface area contributed by atoms with E-state index < -0.39 is 0 Å². The van der Waals surface area contributed by atoms with Crippen molar-refractivity contribution in [3.05, 3.63) is 24.2 Å². The normalized spacial score (nSPS) is 19.2. The summed E-state index contributed by atoms with van der Waals surface area (Å²) in [6.07, 6.45) is 9.36. The average Bonchev–Trinajstić information content (AvgIpc) is 3.28. The van der Waals surface area contributed by atoms with Gasteiger partial charge in [0.05, 0.1) is 18.1 Å². The van der Waals surface area contributed by atoms with Crippen molar-refractivity contribution in [2.24, 2.45) is 4.99 Å². The van der Waals surface area contributed by atoms with E-state index in [-0.39, 0.29) is 11.1 Å². The summed E-state index contributed by atoms with van der Waals surface area (Å²) < 4.78 is 0. The van der Waals surface area contributed by atoms with Crippen LogP contribution in [-0.2, 0) is 0 Å². The van der Waals surface area contributed by atoms with E-state index in [2.05, 4.69) is 64.9 Å². The largest absolute Gasteiger partial charge is 0.348 e. The number of H-pyrrole nitrogens is 1. The van der Waals surface area contributed by atoms with Crippen LogP contribution in [0.5, 0.6) is 0 Å². The number of thiazole rings is 1. The van der Waals surface area contributed by atoms with Crippen LogP contribution in [0, 0.1) is 0 Å². The van der Waals surface area contributed by atoms with Crippen molar-refractivity contribution >= 4 is 38.7 Å². The standard InChI is InChI=1S/C23H32N8S/c1-8-14(11-24-6)16-12-26-17(13-25-16)18-27-19-20(28-18)32-21(29-19)31(7)15-9-22(2,3)30-23(4,5)10-15/h8,11-13,15,30H,9-10H2,1-7H3,(H,27,28)/b14-8+,24-11?. The van der Waals surface area contributed by atoms with Crippen LogP contribution in [-0.4, -0.2) is 62.3 Å². The lowest BCUT2D eigenvalue weighted by molar-refractivity contribution is 0.161. The summed E-state index contributed by atoms with van der Waals surface area (Å²) in [7, 11) is 3.88. The fourth-order valence-corrected chi connectivity index (χ4v) is 5.63. The first-order valence-electron chi connectivity index (χ1n) is 10.9. The monoisotopic (exact) mass is 452 g/mol. The first kappa shape index (κ1) is 22.5. The molecule has 0 bridgehead atoms. The van der Waals surface area contributed by atoms with Gasteiger partial charge in [0.15, 0.2) is 21.4 Å². The summed E-state index contributed by atoms with van der Waals surface area (Å²) in [5, 5.41) is 4.74. The molecule has 1 fully saturated rings. The number of nitrogens with zero attached hydrogens (tertiary/aromatic N) is 6. The number of rotatable bonds is 5. The quantitative estimate of drug-likeness (QED) is 0.560. The van der Waals surface area contributed by atoms with Crippen LogP contribution in [0.3, 0.4) is 0 Å². The van der Waals surface area contributed by atoms with E-state index in [9.17, 15) is 0 Å². The Labute approximate surface area is 193 Å². The number of nitrogens with one attached hydrogen (secondary N) is 2. The van der Waals surface area contributed by atoms with Crippen LogP contribution in [0.1, 0.15) is 53.2 Å². The van der Waals surface area contributed by atoms with E-state index >= 15 is 0 Å². The van der Waals surface area contributed by atoms with Crippen LogP contribution in [0.4, 0.5) is 5.13 Å². The van der Waals surface area contributed by atoms with Crippen molar-refractivity contribution < 1.29 is 0 Å². The molecular formula is C23H32N8S. The van der Waals surface area contributed by atoms with Crippen LogP contribution in [0.15, 0.2) is 23.5 Å². The highest BCUT2D eigenvalue weighted by Gasteiger charge is 2.39. The summed E-state index contributed by atoms with van der Waals surface area (Å²) in [6, 6.07) is 0.418. The minimum atomic E-state index is 0.0882. The van der Waals surface area contributed by atoms with Crippen LogP contribution in [0.2, 0.25) is 0 Å². The second kappa shape index (κ2) is 8.37. The molecule has 3 aromatic heterocycles. The van der Waals surface area contributed by atoms with E-state index in [4.69, 9.17) is 9.97 Å². The van der Waals surface area contributed by atoms with Crippen LogP contribution in [0.25, 0.3) is 27.6 Å². The molecular weight excluding hydrogens is 420 g/mol. The molecule has 1 aliphatic heterocycles. The Morgan fingerprint density at radius 2 is 1.88 bits per heavy atom. The number of anilines is 1. The van der Waals surface area contributed by atoms with Gasteiger partial charge in [0.2, 0.25) is 0 Å². The Kier molecular flexibility index (Phi) is 5.89. The maximum atomic E-state index is 4.84. The minimum absolute atomic E-state index is 0.0882. The lowest BCUT2D eigenvalue weighted by Crippen LogP contribution is -2.61. The Morgan fingerprint density at radius 1 is 1.16 bits per heavy atom. The zero-order chi connectivity index (χ0) is 23.1. The number of aromatic amines is 1. The molecule has 1 aliphatic rings. The van der Waals surface area contributed by atoms with Gasteiger partial charge in [0.25, 0.3) is 0 Å². The molecule has 0 aliphatic carbocycles. The third-order valence-electron chi connectivity index (χ3n) is 5.84. The third-order valence-corrected chi connectivity index (χ3v) is 6.88. The minimum Gasteiger partial charge on any atom is -0.348 e. The maximum Gasteiger partial charge on any atom is 0.189 e. The molecule has 32 heavy (non-hydrogen) atoms. The highest BCUT2D eigenvalue weighted by atomic mass is 32.1. The molecule has 9 heteroatoms. The first-order chi connectivity index (χ1) is 15.1. The predicted molar refractivity (Wildman–Crippen MR) is 134 cm³/mol. The average molecular weight is 453 g/mol. The number of fused-ring (bicyclic) bond motifs is 1. The number of imidazole rings is 1. The van der Waals surface area contributed by atoms with Crippen molar-refractivity contribution in [2.75, 3.05) is 19.0 Å². The van der Waals surface area contributed by atoms with Gasteiger partial charge < -0.3 is 15.2 Å². The number of allylic oxidation sites excluding steroid dienone is 2. The summed E-state index contributed by atoms with van der Waals surface area (Å²) in [5.41, 5.74) is 3.38. The zero-order valence-electron chi connectivity index (χ0n) is 19.9. The molecule has 0 atom stereocenters. The SMILES string of the molecule is C/C=C(\C=NC)c1cnc(-c2nc3sc(N(C)C4CC(C)(C)NC(C)(C)C4)nc3[nH]2)cn1. The Bertz CT molecular complexity index is 1110. The van der Waals surface area contributed by atoms with Gasteiger partial charge in [-0.25, -0.2) is 15.0 Å². The molecule has 0 saturated carbocycles. The van der Waals surface area contributed by atoms with Crippen molar-refractivity contribution in [1.29, 1.82) is 0 Å². The number of aromatic nitrogens is 5. The Morgan fingerprint density at radius 3 is 2.44 bits per heavy atom. The summed E-state index contributed by atoms with van der Waals surface area (Å²) >= 11 is 1.61. The van der Waals surface area contributed by atoms with Crippen LogP contribution < -0.4 is 10.2 Å². The molecule has 2 N–H and O–H groups in total. The molecule has 0 radical (unpaired) electrons. The van der Waals surface area contributed by atoms with Gasteiger partial charge in [0.1, 0.15) is 5.69 Å². The van der Waals surface area contributed by atoms with Gasteiger partial charge >= 0.3 is 0 Å². The molecule has 4 heterocycles. The number of hydrogen-bond acceptors (Lipinski definition) is 8. The van der Waals surface area contributed by atoms with E-state index in [1.807, 2.05) is 13.0 Å². The molecule has 0 unspecified atom stereocenters. The number of hydrogen-bond donors (Lipinski definition) is 2. The smallest absolute Gasteiger partial charge is 0.189 e. The van der Waals surface area contributed by atoms with Gasteiger partial charge in [-0.1, -0.05) is 17.4 Å². The molecule has 0 spiro atoms. The van der Waals surface area contributed by atoms with Crippen LogP contribution >= 0.6 is 11.3 Å². The van der Waals surface area contributed by atoms with Gasteiger partial charge in [-0.3, -0.25) is 9.98 Å². The molecule has 0 aromatic carbocycles. The van der Waals surface area contributed by atoms with Gasteiger partial charge in [-0.2, -0.15) is 0 Å². The van der Waals surface area contributed by atoms with Crippen molar-refractivity contribution in [3.8, 4) is 11.5 Å². The summed E-state index contributed by atoms with van der Waals surface area (Å²) in [5.74, 6) is 0.683. The van der Waals surface area contributed by atoms with E-state index in [0.29, 0.717) is 17.6 Å². The Hall–Kier alpha value is -2.65. The van der Waals surface area contributed by atoms with Crippen molar-refractivity contribution in [1.82, 2.24) is 30.2 Å². The lowest BCUT2D eigenvalue weighted by atomic mass is 9.79. The number of aliphatic imine (C=N–C) groups is 1. The lowest BCUT2D eigenvalue weighted by Gasteiger charge is -2.48. The molecule has 170 valence electrons. The fraction of sp³-hybridized carbons (Fsp3) is 0.522. The molecule has 4 rings (SSSR count). The predicted octanol–water partition coefficient (Wildman–Crippen LogP) is 4.33. The highest BCUT2D eigenvalue weighted by molar-refractivity contribution is 7.21. The van der Waals surface area contributed by atoms with Crippen molar-refractivity contribution in [3.63, 3.8) is 0 Å². The molecule has 1 saturated heterocycles. The molecule has 3 aromatic rings. The van der Waals surface area contributed by atoms with Crippen molar-refractivity contribution in [2.45, 2.75) is 64.6 Å². The second-order valence-electron chi connectivity index (χ2n) is 9.72. The zero-order valence-corrected chi connectivity index (χ0v) is 20.7. The molecule has 0 amide bonds. The van der Waals surface area contributed by atoms with Gasteiger partial charge in [-0.15, -0.1) is 0 Å². The first-order valence-corrected chi connectivity index (χ1v) is 11.7. The topological polar surface area (TPSA) is 95.0 Å². The van der Waals surface area contributed by atoms with E-state index in [0.717, 1.165) is 39.7 Å². The summed E-state index contributed by atoms with van der Waals surface area (Å²) in [6.45, 7) is 11.1. The second-order valence-corrected chi connectivity index (χ2v) is 10.7. The third kappa shape index (κ3) is 4.59. The number of piperidine rings is 1. The molecule has 8 nitrogen and oxygen atoms in total. The fourth-order valence-electron chi connectivity index (χ4n) is 4.70. The van der Waals surface area contributed by atoms with E-state index in [1.54, 1.807) is 37.0 Å². The highest BCUT2D eigenvalue weighted by Crippen LogP contribution is 2.36. The van der Waals surface area contributed by atoms with Gasteiger partial charge in [-0.05, 0) is 47.5 Å². The Balaban J connectivity index is 1.55. The maximum absolute atomic E-state index is 4.84. The summed E-state index contributed by atoms with van der Waals surface area (Å²) in [4.78, 5) is 29.2. The van der Waals surface area contributed by atoms with E-state index in [1.165, 1.54) is 0 Å². The van der Waals surface area contributed by atoms with Gasteiger partial charge in [0, 0.05) is 43.0 Å².